The van der Waals surface area contributed by atoms with Crippen molar-refractivity contribution in [3.05, 3.63) is 47.8 Å². The molecule has 0 radical (unpaired) electrons. The summed E-state index contributed by atoms with van der Waals surface area (Å²) in [5, 5.41) is 15.8. The number of benzene rings is 1. The lowest BCUT2D eigenvalue weighted by atomic mass is 9.68. The van der Waals surface area contributed by atoms with Crippen LogP contribution in [0, 0.1) is 13.8 Å². The van der Waals surface area contributed by atoms with E-state index < -0.39 is 5.54 Å². The second kappa shape index (κ2) is 6.43. The van der Waals surface area contributed by atoms with Crippen molar-refractivity contribution in [1.82, 2.24) is 24.9 Å². The summed E-state index contributed by atoms with van der Waals surface area (Å²) >= 11 is 0. The molecule has 1 aromatic carbocycles. The van der Waals surface area contributed by atoms with Crippen LogP contribution in [0.1, 0.15) is 43.0 Å². The number of nitrogens with zero attached hydrogens (tertiary/aromatic N) is 5. The van der Waals surface area contributed by atoms with Gasteiger partial charge in [-0.1, -0.05) is 6.07 Å². The predicted octanol–water partition coefficient (Wildman–Crippen LogP) is 3.77. The number of aromatic nitrogens is 4. The molecule has 8 nitrogen and oxygen atoms in total. The number of anilines is 1. The van der Waals surface area contributed by atoms with E-state index in [4.69, 9.17) is 4.42 Å². The average molecular weight is 392 g/mol. The molecule has 0 unspecified atom stereocenters. The van der Waals surface area contributed by atoms with Gasteiger partial charge >= 0.3 is 6.03 Å². The Morgan fingerprint density at radius 3 is 2.83 bits per heavy atom. The van der Waals surface area contributed by atoms with Crippen molar-refractivity contribution in [2.75, 3.05) is 5.32 Å². The van der Waals surface area contributed by atoms with E-state index >= 15 is 0 Å². The van der Waals surface area contributed by atoms with Crippen LogP contribution in [-0.2, 0) is 12.6 Å². The minimum Gasteiger partial charge on any atom is -0.423 e. The third kappa shape index (κ3) is 2.82. The molecule has 1 aliphatic heterocycles. The Bertz CT molecular complexity index is 1080. The Balaban J connectivity index is 1.42. The minimum absolute atomic E-state index is 0.118. The van der Waals surface area contributed by atoms with Gasteiger partial charge in [0, 0.05) is 43.9 Å². The van der Waals surface area contributed by atoms with Crippen molar-refractivity contribution in [3.63, 3.8) is 0 Å². The van der Waals surface area contributed by atoms with Crippen molar-refractivity contribution >= 4 is 11.7 Å². The van der Waals surface area contributed by atoms with Crippen LogP contribution in [0.5, 0.6) is 0 Å². The van der Waals surface area contributed by atoms with E-state index in [1.54, 1.807) is 11.6 Å². The van der Waals surface area contributed by atoms with Gasteiger partial charge in [-0.15, -0.1) is 10.2 Å². The standard InChI is InChI=1S/C21H24N6O2/c1-13-6-7-15(11-17(13)18-8-10-26(3)25-18)22-20(28)27-16-5-4-9-21(27,12-16)19-24-23-14(2)29-19/h6-8,10-11,16H,4-5,9,12H2,1-3H3,(H,22,28)/t16-,21+/m1/s1. The van der Waals surface area contributed by atoms with Gasteiger partial charge in [0.25, 0.3) is 0 Å². The van der Waals surface area contributed by atoms with Gasteiger partial charge in [0.2, 0.25) is 11.8 Å². The molecule has 1 saturated heterocycles. The van der Waals surface area contributed by atoms with Crippen molar-refractivity contribution in [2.24, 2.45) is 7.05 Å². The van der Waals surface area contributed by atoms with E-state index in [1.165, 1.54) is 0 Å². The lowest BCUT2D eigenvalue weighted by Crippen LogP contribution is -2.69. The molecule has 2 aromatic heterocycles. The van der Waals surface area contributed by atoms with Crippen molar-refractivity contribution in [3.8, 4) is 11.3 Å². The molecule has 3 heterocycles. The molecule has 2 atom stereocenters. The molecular formula is C21H24N6O2. The predicted molar refractivity (Wildman–Crippen MR) is 107 cm³/mol. The van der Waals surface area contributed by atoms with Crippen LogP contribution >= 0.6 is 0 Å². The highest BCUT2D eigenvalue weighted by Gasteiger charge is 2.60. The SMILES string of the molecule is Cc1nnc([C@]23CCC[C@H](C2)N3C(=O)Nc2ccc(C)c(-c3ccn(C)n3)c2)o1. The summed E-state index contributed by atoms with van der Waals surface area (Å²) in [5.41, 5.74) is 3.29. The van der Waals surface area contributed by atoms with Gasteiger partial charge in [0.05, 0.1) is 5.69 Å². The highest BCUT2D eigenvalue weighted by atomic mass is 16.4. The van der Waals surface area contributed by atoms with Crippen LogP contribution in [0.15, 0.2) is 34.9 Å². The zero-order valence-electron chi connectivity index (χ0n) is 16.8. The Kier molecular flexibility index (Phi) is 3.97. The van der Waals surface area contributed by atoms with Crippen molar-refractivity contribution in [1.29, 1.82) is 0 Å². The molecule has 150 valence electrons. The minimum atomic E-state index is -0.469. The second-order valence-electron chi connectivity index (χ2n) is 8.11. The number of carbonyl (C=O) groups is 1. The van der Waals surface area contributed by atoms with Crippen LogP contribution in [0.25, 0.3) is 11.3 Å². The number of carbonyl (C=O) groups excluding carboxylic acids is 1. The van der Waals surface area contributed by atoms with Crippen LogP contribution in [-0.4, -0.2) is 37.0 Å². The molecule has 1 aliphatic carbocycles. The molecule has 0 spiro atoms. The summed E-state index contributed by atoms with van der Waals surface area (Å²) in [5.74, 6) is 1.08. The molecule has 2 fully saturated rings. The maximum Gasteiger partial charge on any atom is 0.322 e. The molecule has 1 N–H and O–H groups in total. The topological polar surface area (TPSA) is 89.1 Å². The summed E-state index contributed by atoms with van der Waals surface area (Å²) in [6.07, 6.45) is 5.72. The van der Waals surface area contributed by atoms with Crippen LogP contribution in [0.2, 0.25) is 0 Å². The third-order valence-corrected chi connectivity index (χ3v) is 6.15. The number of hydrogen-bond acceptors (Lipinski definition) is 5. The first-order valence-corrected chi connectivity index (χ1v) is 9.98. The first-order valence-electron chi connectivity index (χ1n) is 9.98. The van der Waals surface area contributed by atoms with E-state index in [0.717, 1.165) is 48.2 Å². The summed E-state index contributed by atoms with van der Waals surface area (Å²) in [7, 11) is 1.89. The Morgan fingerprint density at radius 2 is 2.14 bits per heavy atom. The molecule has 2 aliphatic rings. The number of piperidine rings is 1. The fraction of sp³-hybridized carbons (Fsp3) is 0.429. The molecule has 1 saturated carbocycles. The van der Waals surface area contributed by atoms with Gasteiger partial charge in [0.15, 0.2) is 0 Å². The molecule has 29 heavy (non-hydrogen) atoms. The van der Waals surface area contributed by atoms with Crippen LogP contribution < -0.4 is 5.32 Å². The van der Waals surface area contributed by atoms with Gasteiger partial charge in [-0.2, -0.15) is 5.10 Å². The lowest BCUT2D eigenvalue weighted by molar-refractivity contribution is -0.0912. The number of fused-ring (bicyclic) bond motifs is 2. The van der Waals surface area contributed by atoms with E-state index in [9.17, 15) is 4.79 Å². The number of urea groups is 1. The smallest absolute Gasteiger partial charge is 0.322 e. The maximum atomic E-state index is 13.2. The average Bonchev–Trinajstić information content (AvgIpc) is 3.32. The Labute approximate surface area is 168 Å². The Hall–Kier alpha value is -3.16. The van der Waals surface area contributed by atoms with Gasteiger partial charge < -0.3 is 14.6 Å². The first-order chi connectivity index (χ1) is 14.0. The second-order valence-corrected chi connectivity index (χ2v) is 8.11. The summed E-state index contributed by atoms with van der Waals surface area (Å²) in [6.45, 7) is 3.82. The summed E-state index contributed by atoms with van der Waals surface area (Å²) in [4.78, 5) is 15.1. The quantitative estimate of drug-likeness (QED) is 0.733. The van der Waals surface area contributed by atoms with Crippen molar-refractivity contribution < 1.29 is 9.21 Å². The highest BCUT2D eigenvalue weighted by Crippen LogP contribution is 2.53. The largest absolute Gasteiger partial charge is 0.423 e. The van der Waals surface area contributed by atoms with Gasteiger partial charge in [-0.05, 0) is 49.9 Å². The van der Waals surface area contributed by atoms with Gasteiger partial charge in [0.1, 0.15) is 5.54 Å². The number of rotatable bonds is 3. The number of amides is 2. The normalized spacial score (nSPS) is 23.0. The van der Waals surface area contributed by atoms with Gasteiger partial charge in [-0.25, -0.2) is 4.79 Å². The lowest BCUT2D eigenvalue weighted by Gasteiger charge is -2.59. The van der Waals surface area contributed by atoms with E-state index in [1.807, 2.05) is 49.3 Å². The fourth-order valence-corrected chi connectivity index (χ4v) is 4.76. The maximum absolute atomic E-state index is 13.2. The highest BCUT2D eigenvalue weighted by molar-refractivity contribution is 5.92. The Morgan fingerprint density at radius 1 is 1.28 bits per heavy atom. The number of hydrogen-bond donors (Lipinski definition) is 1. The zero-order valence-corrected chi connectivity index (χ0v) is 16.8. The molecule has 2 bridgehead atoms. The third-order valence-electron chi connectivity index (χ3n) is 6.15. The van der Waals surface area contributed by atoms with Crippen molar-refractivity contribution in [2.45, 2.75) is 51.1 Å². The zero-order chi connectivity index (χ0) is 20.2. The number of nitrogens with one attached hydrogen (secondary N) is 1. The van der Waals surface area contributed by atoms with E-state index in [2.05, 4.69) is 20.6 Å². The number of aryl methyl sites for hydroxylation is 3. The molecule has 2 amide bonds. The first kappa shape index (κ1) is 17.9. The monoisotopic (exact) mass is 392 g/mol. The summed E-state index contributed by atoms with van der Waals surface area (Å²) in [6, 6.07) is 7.99. The van der Waals surface area contributed by atoms with Crippen LogP contribution in [0.3, 0.4) is 0 Å². The molecule has 3 aromatic rings. The number of likely N-dealkylation sites (tertiary alicyclic amines) is 1. The molecular weight excluding hydrogens is 368 g/mol. The molecule has 5 rings (SSSR count). The van der Waals surface area contributed by atoms with E-state index in [0.29, 0.717) is 11.8 Å². The fourth-order valence-electron chi connectivity index (χ4n) is 4.76. The molecule has 8 heteroatoms. The van der Waals surface area contributed by atoms with Gasteiger partial charge in [-0.3, -0.25) is 4.68 Å². The van der Waals surface area contributed by atoms with E-state index in [-0.39, 0.29) is 12.1 Å². The summed E-state index contributed by atoms with van der Waals surface area (Å²) < 4.78 is 7.51. The van der Waals surface area contributed by atoms with Crippen LogP contribution in [0.4, 0.5) is 10.5 Å².